The summed E-state index contributed by atoms with van der Waals surface area (Å²) in [7, 11) is 0. The van der Waals surface area contributed by atoms with Crippen LogP contribution in [0.1, 0.15) is 37.8 Å². The Balaban J connectivity index is 2.24. The molecular formula is C12H17N3O2. The van der Waals surface area contributed by atoms with Crippen molar-refractivity contribution < 1.29 is 9.90 Å². The quantitative estimate of drug-likeness (QED) is 0.831. The molecule has 5 nitrogen and oxygen atoms in total. The summed E-state index contributed by atoms with van der Waals surface area (Å²) in [5.41, 5.74) is 5.65. The molecule has 0 radical (unpaired) electrons. The van der Waals surface area contributed by atoms with Crippen molar-refractivity contribution in [3.05, 3.63) is 18.1 Å². The molecule has 5 heteroatoms. The summed E-state index contributed by atoms with van der Waals surface area (Å²) in [6.45, 7) is 0. The Morgan fingerprint density at radius 3 is 2.53 bits per heavy atom. The number of nitrogen functional groups attached to an aromatic ring is 1. The molecule has 1 aliphatic rings. The molecular weight excluding hydrogens is 218 g/mol. The fourth-order valence-electron chi connectivity index (χ4n) is 2.53. The summed E-state index contributed by atoms with van der Waals surface area (Å²) in [6.07, 6.45) is 7.93. The van der Waals surface area contributed by atoms with Gasteiger partial charge in [0.2, 0.25) is 0 Å². The Hall–Kier alpha value is -1.65. The third kappa shape index (κ3) is 2.38. The fraction of sp³-hybridized carbons (Fsp3) is 0.583. The molecule has 3 N–H and O–H groups in total. The van der Waals surface area contributed by atoms with Gasteiger partial charge in [0.15, 0.2) is 0 Å². The number of aliphatic carboxylic acids is 1. The Labute approximate surface area is 100 Å². The van der Waals surface area contributed by atoms with E-state index < -0.39 is 11.4 Å². The standard InChI is InChI=1S/C12H17N3O2/c13-10-9(14-6-7-15-10)8-12(11(16)17)4-2-1-3-5-12/h6-7H,1-5,8H2,(H2,13,15)(H,16,17). The molecule has 1 aromatic rings. The van der Waals surface area contributed by atoms with E-state index in [1.54, 1.807) is 6.20 Å². The maximum atomic E-state index is 11.5. The van der Waals surface area contributed by atoms with E-state index in [0.717, 1.165) is 19.3 Å². The summed E-state index contributed by atoms with van der Waals surface area (Å²) in [5, 5.41) is 9.45. The van der Waals surface area contributed by atoms with E-state index in [2.05, 4.69) is 9.97 Å². The number of carboxylic acids is 1. The molecule has 2 rings (SSSR count). The van der Waals surface area contributed by atoms with E-state index in [-0.39, 0.29) is 0 Å². The minimum absolute atomic E-state index is 0.346. The number of hydrogen-bond acceptors (Lipinski definition) is 4. The van der Waals surface area contributed by atoms with Crippen LogP contribution in [0.3, 0.4) is 0 Å². The second-order valence-electron chi connectivity index (χ2n) is 4.71. The van der Waals surface area contributed by atoms with E-state index in [1.807, 2.05) is 0 Å². The van der Waals surface area contributed by atoms with Gasteiger partial charge in [-0.1, -0.05) is 19.3 Å². The first kappa shape index (κ1) is 11.8. The minimum atomic E-state index is -0.734. The van der Waals surface area contributed by atoms with Crippen molar-refractivity contribution in [1.29, 1.82) is 0 Å². The first-order valence-electron chi connectivity index (χ1n) is 5.93. The van der Waals surface area contributed by atoms with Crippen molar-refractivity contribution in [2.75, 3.05) is 5.73 Å². The largest absolute Gasteiger partial charge is 0.481 e. The molecule has 0 aliphatic heterocycles. The van der Waals surface area contributed by atoms with Gasteiger partial charge in [-0.2, -0.15) is 0 Å². The minimum Gasteiger partial charge on any atom is -0.481 e. The molecule has 1 fully saturated rings. The molecule has 0 spiro atoms. The monoisotopic (exact) mass is 235 g/mol. The van der Waals surface area contributed by atoms with Gasteiger partial charge in [-0.3, -0.25) is 9.78 Å². The van der Waals surface area contributed by atoms with Crippen LogP contribution in [0.4, 0.5) is 5.82 Å². The van der Waals surface area contributed by atoms with E-state index in [1.165, 1.54) is 6.20 Å². The number of carboxylic acid groups (broad SMARTS) is 1. The smallest absolute Gasteiger partial charge is 0.310 e. The van der Waals surface area contributed by atoms with Crippen LogP contribution in [0, 0.1) is 5.41 Å². The molecule has 0 aromatic carbocycles. The van der Waals surface area contributed by atoms with Gasteiger partial charge >= 0.3 is 5.97 Å². The predicted octanol–water partition coefficient (Wildman–Crippen LogP) is 1.64. The summed E-state index contributed by atoms with van der Waals surface area (Å²) in [4.78, 5) is 19.6. The molecule has 1 aromatic heterocycles. The molecule has 92 valence electrons. The summed E-state index contributed by atoms with van der Waals surface area (Å²) < 4.78 is 0. The van der Waals surface area contributed by atoms with Gasteiger partial charge in [-0.05, 0) is 12.8 Å². The van der Waals surface area contributed by atoms with Crippen LogP contribution >= 0.6 is 0 Å². The Morgan fingerprint density at radius 2 is 1.94 bits per heavy atom. The van der Waals surface area contributed by atoms with Crippen molar-refractivity contribution >= 4 is 11.8 Å². The molecule has 0 amide bonds. The Morgan fingerprint density at radius 1 is 1.29 bits per heavy atom. The highest BCUT2D eigenvalue weighted by atomic mass is 16.4. The summed E-state index contributed by atoms with van der Waals surface area (Å²) in [6, 6.07) is 0. The van der Waals surface area contributed by atoms with Crippen LogP contribution in [0.25, 0.3) is 0 Å². The number of carbonyl (C=O) groups is 1. The molecule has 1 aliphatic carbocycles. The molecule has 0 unspecified atom stereocenters. The second-order valence-corrected chi connectivity index (χ2v) is 4.71. The lowest BCUT2D eigenvalue weighted by atomic mass is 9.71. The number of rotatable bonds is 3. The zero-order valence-corrected chi connectivity index (χ0v) is 9.72. The molecule has 1 saturated carbocycles. The maximum Gasteiger partial charge on any atom is 0.310 e. The van der Waals surface area contributed by atoms with Crippen LogP contribution in [0.2, 0.25) is 0 Å². The van der Waals surface area contributed by atoms with E-state index in [4.69, 9.17) is 5.73 Å². The first-order valence-corrected chi connectivity index (χ1v) is 5.93. The SMILES string of the molecule is Nc1nccnc1CC1(C(=O)O)CCCCC1. The van der Waals surface area contributed by atoms with Crippen molar-refractivity contribution in [3.8, 4) is 0 Å². The number of aromatic nitrogens is 2. The molecule has 17 heavy (non-hydrogen) atoms. The lowest BCUT2D eigenvalue weighted by Crippen LogP contribution is -2.36. The van der Waals surface area contributed by atoms with Crippen LogP contribution in [0.5, 0.6) is 0 Å². The topological polar surface area (TPSA) is 89.1 Å². The average molecular weight is 235 g/mol. The lowest BCUT2D eigenvalue weighted by Gasteiger charge is -2.32. The van der Waals surface area contributed by atoms with E-state index in [9.17, 15) is 9.90 Å². The first-order chi connectivity index (χ1) is 8.14. The fourth-order valence-corrected chi connectivity index (χ4v) is 2.53. The van der Waals surface area contributed by atoms with E-state index >= 15 is 0 Å². The molecule has 0 atom stereocenters. The highest BCUT2D eigenvalue weighted by molar-refractivity contribution is 5.75. The zero-order chi connectivity index (χ0) is 12.3. The summed E-state index contributed by atoms with van der Waals surface area (Å²) >= 11 is 0. The Bertz CT molecular complexity index is 414. The second kappa shape index (κ2) is 4.69. The van der Waals surface area contributed by atoms with Crippen molar-refractivity contribution in [2.45, 2.75) is 38.5 Å². The molecule has 0 bridgehead atoms. The maximum absolute atomic E-state index is 11.5. The van der Waals surface area contributed by atoms with Crippen LogP contribution < -0.4 is 5.73 Å². The molecule has 0 saturated heterocycles. The van der Waals surface area contributed by atoms with Gasteiger partial charge in [0.05, 0.1) is 11.1 Å². The third-order valence-corrected chi connectivity index (χ3v) is 3.58. The lowest BCUT2D eigenvalue weighted by molar-refractivity contribution is -0.151. The zero-order valence-electron chi connectivity index (χ0n) is 9.72. The van der Waals surface area contributed by atoms with Gasteiger partial charge in [0.25, 0.3) is 0 Å². The predicted molar refractivity (Wildman–Crippen MR) is 63.3 cm³/mol. The average Bonchev–Trinajstić information content (AvgIpc) is 2.33. The summed E-state index contributed by atoms with van der Waals surface area (Å²) in [5.74, 6) is -0.388. The number of nitrogens with two attached hydrogens (primary N) is 1. The van der Waals surface area contributed by atoms with Crippen molar-refractivity contribution in [2.24, 2.45) is 5.41 Å². The van der Waals surface area contributed by atoms with Gasteiger partial charge in [-0.15, -0.1) is 0 Å². The number of anilines is 1. The van der Waals surface area contributed by atoms with Crippen LogP contribution in [0.15, 0.2) is 12.4 Å². The Kier molecular flexibility index (Phi) is 3.26. The van der Waals surface area contributed by atoms with Gasteiger partial charge in [-0.25, -0.2) is 4.98 Å². The number of hydrogen-bond donors (Lipinski definition) is 2. The highest BCUT2D eigenvalue weighted by Crippen LogP contribution is 2.39. The highest BCUT2D eigenvalue weighted by Gasteiger charge is 2.40. The number of nitrogens with zero attached hydrogens (tertiary/aromatic N) is 2. The van der Waals surface area contributed by atoms with Gasteiger partial charge < -0.3 is 10.8 Å². The van der Waals surface area contributed by atoms with E-state index in [0.29, 0.717) is 30.8 Å². The van der Waals surface area contributed by atoms with Crippen molar-refractivity contribution in [3.63, 3.8) is 0 Å². The van der Waals surface area contributed by atoms with Gasteiger partial charge in [0, 0.05) is 18.8 Å². The van der Waals surface area contributed by atoms with Crippen LogP contribution in [-0.4, -0.2) is 21.0 Å². The third-order valence-electron chi connectivity index (χ3n) is 3.58. The molecule has 1 heterocycles. The van der Waals surface area contributed by atoms with Crippen LogP contribution in [-0.2, 0) is 11.2 Å². The normalized spacial score (nSPS) is 18.8. The van der Waals surface area contributed by atoms with Gasteiger partial charge in [0.1, 0.15) is 5.82 Å². The van der Waals surface area contributed by atoms with Crippen molar-refractivity contribution in [1.82, 2.24) is 9.97 Å².